The first-order valence-electron chi connectivity index (χ1n) is 6.42. The largest absolute Gasteiger partial charge is 0.356 e. The Labute approximate surface area is 106 Å². The lowest BCUT2D eigenvalue weighted by atomic mass is 10.1. The standard InChI is InChI=1S/C14H17N3O/c1-17-9-11(12-3-2-7-15-13(12)17)6-8-16-14(18)10-4-5-10/h2-3,7,9-10H,4-6,8H2,1H3,(H,16,18). The van der Waals surface area contributed by atoms with E-state index >= 15 is 0 Å². The highest BCUT2D eigenvalue weighted by Crippen LogP contribution is 2.28. The van der Waals surface area contributed by atoms with Gasteiger partial charge in [-0.2, -0.15) is 0 Å². The van der Waals surface area contributed by atoms with Crippen molar-refractivity contribution in [2.75, 3.05) is 6.54 Å². The quantitative estimate of drug-likeness (QED) is 0.887. The predicted octanol–water partition coefficient (Wildman–Crippen LogP) is 1.64. The second kappa shape index (κ2) is 4.44. The molecule has 4 heteroatoms. The van der Waals surface area contributed by atoms with Crippen LogP contribution < -0.4 is 5.32 Å². The second-order valence-electron chi connectivity index (χ2n) is 4.96. The summed E-state index contributed by atoms with van der Waals surface area (Å²) in [6.45, 7) is 0.712. The lowest BCUT2D eigenvalue weighted by Gasteiger charge is -2.03. The summed E-state index contributed by atoms with van der Waals surface area (Å²) in [7, 11) is 2.00. The average Bonchev–Trinajstić information content (AvgIpc) is 3.17. The maximum Gasteiger partial charge on any atom is 0.223 e. The van der Waals surface area contributed by atoms with Crippen LogP contribution in [0.3, 0.4) is 0 Å². The molecule has 0 atom stereocenters. The number of nitrogens with one attached hydrogen (secondary N) is 1. The maximum atomic E-state index is 11.5. The van der Waals surface area contributed by atoms with Gasteiger partial charge in [0.25, 0.3) is 0 Å². The molecule has 1 amide bonds. The monoisotopic (exact) mass is 243 g/mol. The molecule has 1 N–H and O–H groups in total. The summed E-state index contributed by atoms with van der Waals surface area (Å²) in [5, 5.41) is 4.18. The molecule has 1 fully saturated rings. The Morgan fingerprint density at radius 3 is 3.17 bits per heavy atom. The van der Waals surface area contributed by atoms with E-state index < -0.39 is 0 Å². The molecule has 2 aromatic heterocycles. The number of aryl methyl sites for hydroxylation is 1. The van der Waals surface area contributed by atoms with Crippen molar-refractivity contribution in [1.82, 2.24) is 14.9 Å². The molecule has 3 rings (SSSR count). The average molecular weight is 243 g/mol. The van der Waals surface area contributed by atoms with E-state index in [1.807, 2.05) is 17.7 Å². The Morgan fingerprint density at radius 1 is 1.56 bits per heavy atom. The van der Waals surface area contributed by atoms with E-state index in [0.717, 1.165) is 24.9 Å². The molecule has 1 aliphatic rings. The van der Waals surface area contributed by atoms with Crippen molar-refractivity contribution in [2.24, 2.45) is 13.0 Å². The lowest BCUT2D eigenvalue weighted by Crippen LogP contribution is -2.26. The van der Waals surface area contributed by atoms with Gasteiger partial charge in [0.15, 0.2) is 0 Å². The van der Waals surface area contributed by atoms with Crippen LogP contribution >= 0.6 is 0 Å². The van der Waals surface area contributed by atoms with E-state index in [0.29, 0.717) is 12.5 Å². The third-order valence-corrected chi connectivity index (χ3v) is 3.46. The summed E-state index contributed by atoms with van der Waals surface area (Å²) in [5.41, 5.74) is 2.25. The fourth-order valence-electron chi connectivity index (χ4n) is 2.30. The summed E-state index contributed by atoms with van der Waals surface area (Å²) in [6, 6.07) is 4.04. The Balaban J connectivity index is 1.68. The molecule has 18 heavy (non-hydrogen) atoms. The molecule has 0 aromatic carbocycles. The van der Waals surface area contributed by atoms with E-state index in [1.54, 1.807) is 6.20 Å². The van der Waals surface area contributed by atoms with Crippen molar-refractivity contribution in [2.45, 2.75) is 19.3 Å². The SMILES string of the molecule is Cn1cc(CCNC(=O)C2CC2)c2cccnc21. The number of fused-ring (bicyclic) bond motifs is 1. The molecule has 0 saturated heterocycles. The Hall–Kier alpha value is -1.84. The number of rotatable bonds is 4. The van der Waals surface area contributed by atoms with Gasteiger partial charge in [-0.25, -0.2) is 4.98 Å². The van der Waals surface area contributed by atoms with Crippen LogP contribution in [0.1, 0.15) is 18.4 Å². The van der Waals surface area contributed by atoms with Crippen molar-refractivity contribution in [3.63, 3.8) is 0 Å². The minimum atomic E-state index is 0.216. The third-order valence-electron chi connectivity index (χ3n) is 3.46. The molecule has 0 unspecified atom stereocenters. The molecule has 4 nitrogen and oxygen atoms in total. The minimum absolute atomic E-state index is 0.216. The highest BCUT2D eigenvalue weighted by molar-refractivity contribution is 5.81. The summed E-state index contributed by atoms with van der Waals surface area (Å²) in [6.07, 6.45) is 6.89. The molecule has 0 spiro atoms. The minimum Gasteiger partial charge on any atom is -0.356 e. The molecule has 2 aromatic rings. The zero-order valence-corrected chi connectivity index (χ0v) is 10.5. The highest BCUT2D eigenvalue weighted by Gasteiger charge is 2.29. The molecule has 0 radical (unpaired) electrons. The van der Waals surface area contributed by atoms with E-state index in [4.69, 9.17) is 0 Å². The van der Waals surface area contributed by atoms with Crippen LogP contribution in [-0.2, 0) is 18.3 Å². The van der Waals surface area contributed by atoms with Crippen molar-refractivity contribution in [3.05, 3.63) is 30.1 Å². The molecule has 0 bridgehead atoms. The number of pyridine rings is 1. The van der Waals surface area contributed by atoms with E-state index in [1.165, 1.54) is 10.9 Å². The van der Waals surface area contributed by atoms with Crippen LogP contribution in [0.15, 0.2) is 24.5 Å². The highest BCUT2D eigenvalue weighted by atomic mass is 16.2. The number of carbonyl (C=O) groups is 1. The van der Waals surface area contributed by atoms with Crippen LogP contribution in [-0.4, -0.2) is 22.0 Å². The van der Waals surface area contributed by atoms with Gasteiger partial charge in [-0.15, -0.1) is 0 Å². The fourth-order valence-corrected chi connectivity index (χ4v) is 2.30. The third kappa shape index (κ3) is 2.10. The zero-order chi connectivity index (χ0) is 12.5. The first-order chi connectivity index (χ1) is 8.75. The van der Waals surface area contributed by atoms with Gasteiger partial charge < -0.3 is 9.88 Å². The van der Waals surface area contributed by atoms with Crippen molar-refractivity contribution < 1.29 is 4.79 Å². The van der Waals surface area contributed by atoms with Gasteiger partial charge in [0.2, 0.25) is 5.91 Å². The van der Waals surface area contributed by atoms with Crippen LogP contribution in [0.2, 0.25) is 0 Å². The van der Waals surface area contributed by atoms with Crippen molar-refractivity contribution >= 4 is 16.9 Å². The molecular formula is C14H17N3O. The van der Waals surface area contributed by atoms with E-state index in [2.05, 4.69) is 22.6 Å². The van der Waals surface area contributed by atoms with Crippen LogP contribution in [0.4, 0.5) is 0 Å². The van der Waals surface area contributed by atoms with Gasteiger partial charge in [0.05, 0.1) is 0 Å². The molecule has 1 aliphatic carbocycles. The fraction of sp³-hybridized carbons (Fsp3) is 0.429. The van der Waals surface area contributed by atoms with Gasteiger partial charge in [-0.3, -0.25) is 4.79 Å². The Morgan fingerprint density at radius 2 is 2.39 bits per heavy atom. The Kier molecular flexibility index (Phi) is 2.78. The first kappa shape index (κ1) is 11.3. The smallest absolute Gasteiger partial charge is 0.223 e. The van der Waals surface area contributed by atoms with Crippen molar-refractivity contribution in [3.8, 4) is 0 Å². The molecule has 94 valence electrons. The molecule has 2 heterocycles. The molecule has 0 aliphatic heterocycles. The lowest BCUT2D eigenvalue weighted by molar-refractivity contribution is -0.122. The maximum absolute atomic E-state index is 11.5. The van der Waals surface area contributed by atoms with Gasteiger partial charge >= 0.3 is 0 Å². The van der Waals surface area contributed by atoms with Crippen LogP contribution in [0, 0.1) is 5.92 Å². The van der Waals surface area contributed by atoms with Gasteiger partial charge in [-0.05, 0) is 37.0 Å². The molecule has 1 saturated carbocycles. The van der Waals surface area contributed by atoms with Gasteiger partial charge in [-0.1, -0.05) is 0 Å². The van der Waals surface area contributed by atoms with E-state index in [9.17, 15) is 4.79 Å². The number of aromatic nitrogens is 2. The number of amides is 1. The molecular weight excluding hydrogens is 226 g/mol. The number of nitrogens with zero attached hydrogens (tertiary/aromatic N) is 2. The van der Waals surface area contributed by atoms with Crippen LogP contribution in [0.5, 0.6) is 0 Å². The topological polar surface area (TPSA) is 46.9 Å². The summed E-state index contributed by atoms with van der Waals surface area (Å²) < 4.78 is 2.04. The summed E-state index contributed by atoms with van der Waals surface area (Å²) in [5.74, 6) is 0.507. The first-order valence-corrected chi connectivity index (χ1v) is 6.42. The number of hydrogen-bond donors (Lipinski definition) is 1. The number of hydrogen-bond acceptors (Lipinski definition) is 2. The normalized spacial score (nSPS) is 14.9. The predicted molar refractivity (Wildman–Crippen MR) is 70.2 cm³/mol. The van der Waals surface area contributed by atoms with Crippen molar-refractivity contribution in [1.29, 1.82) is 0 Å². The van der Waals surface area contributed by atoms with E-state index in [-0.39, 0.29) is 5.91 Å². The summed E-state index contributed by atoms with van der Waals surface area (Å²) in [4.78, 5) is 15.9. The van der Waals surface area contributed by atoms with Crippen LogP contribution in [0.25, 0.3) is 11.0 Å². The summed E-state index contributed by atoms with van der Waals surface area (Å²) >= 11 is 0. The number of carbonyl (C=O) groups excluding carboxylic acids is 1. The van der Waals surface area contributed by atoms with Gasteiger partial charge in [0, 0.05) is 37.3 Å². The Bertz CT molecular complexity index is 584. The zero-order valence-electron chi connectivity index (χ0n) is 10.5. The van der Waals surface area contributed by atoms with Gasteiger partial charge in [0.1, 0.15) is 5.65 Å². The second-order valence-corrected chi connectivity index (χ2v) is 4.96.